The number of amides is 1. The maximum atomic E-state index is 13.2. The Morgan fingerprint density at radius 3 is 2.48 bits per heavy atom. The van der Waals surface area contributed by atoms with Gasteiger partial charge in [-0.3, -0.25) is 4.79 Å². The number of likely N-dealkylation sites (tertiary alicyclic amines) is 1. The Hall–Kier alpha value is -1.66. The summed E-state index contributed by atoms with van der Waals surface area (Å²) >= 11 is 0. The van der Waals surface area contributed by atoms with Gasteiger partial charge in [-0.2, -0.15) is 4.31 Å². The fraction of sp³-hybridized carbons (Fsp3) is 0.571. The van der Waals surface area contributed by atoms with Crippen LogP contribution >= 0.6 is 0 Å². The first-order chi connectivity index (χ1) is 13.0. The van der Waals surface area contributed by atoms with Gasteiger partial charge in [0.2, 0.25) is 15.9 Å². The lowest BCUT2D eigenvalue weighted by Crippen LogP contribution is -2.41. The van der Waals surface area contributed by atoms with Crippen molar-refractivity contribution in [2.24, 2.45) is 5.92 Å². The summed E-state index contributed by atoms with van der Waals surface area (Å²) in [5.74, 6) is 0.425. The highest BCUT2D eigenvalue weighted by Crippen LogP contribution is 2.40. The number of carbonyl (C=O) groups is 1. The van der Waals surface area contributed by atoms with Gasteiger partial charge in [-0.15, -0.1) is 0 Å². The lowest BCUT2D eigenvalue weighted by Gasteiger charge is -2.34. The van der Waals surface area contributed by atoms with Crippen LogP contribution in [0.2, 0.25) is 0 Å². The lowest BCUT2D eigenvalue weighted by atomic mass is 9.80. The van der Waals surface area contributed by atoms with E-state index in [9.17, 15) is 13.2 Å². The van der Waals surface area contributed by atoms with Crippen molar-refractivity contribution in [2.75, 3.05) is 19.6 Å². The maximum absolute atomic E-state index is 13.2. The Morgan fingerprint density at radius 1 is 1.07 bits per heavy atom. The maximum Gasteiger partial charge on any atom is 0.243 e. The van der Waals surface area contributed by atoms with Gasteiger partial charge in [0, 0.05) is 32.1 Å². The van der Waals surface area contributed by atoms with E-state index in [-0.39, 0.29) is 17.9 Å². The third-order valence-electron chi connectivity index (χ3n) is 6.25. The molecule has 1 aromatic carbocycles. The van der Waals surface area contributed by atoms with E-state index in [1.54, 1.807) is 16.4 Å². The SMILES string of the molecule is Cc1ccc(S(=O)(=O)N2CC=C3C(CC(=O)N4CCCC4)CCCC32)cc1. The highest BCUT2D eigenvalue weighted by Gasteiger charge is 2.41. The normalized spacial score (nSPS) is 26.1. The van der Waals surface area contributed by atoms with E-state index >= 15 is 0 Å². The molecule has 2 heterocycles. The van der Waals surface area contributed by atoms with Gasteiger partial charge in [-0.25, -0.2) is 8.42 Å². The highest BCUT2D eigenvalue weighted by molar-refractivity contribution is 7.89. The molecular weight excluding hydrogens is 360 g/mol. The second-order valence-electron chi connectivity index (χ2n) is 8.03. The minimum atomic E-state index is -3.51. The molecule has 0 aromatic heterocycles. The van der Waals surface area contributed by atoms with Crippen molar-refractivity contribution in [3.05, 3.63) is 41.5 Å². The van der Waals surface area contributed by atoms with Gasteiger partial charge in [-0.05, 0) is 50.7 Å². The first kappa shape index (κ1) is 18.7. The van der Waals surface area contributed by atoms with Crippen molar-refractivity contribution in [3.63, 3.8) is 0 Å². The number of rotatable bonds is 4. The molecular formula is C21H28N2O3S. The molecule has 0 N–H and O–H groups in total. The van der Waals surface area contributed by atoms with Gasteiger partial charge >= 0.3 is 0 Å². The van der Waals surface area contributed by atoms with Crippen molar-refractivity contribution in [3.8, 4) is 0 Å². The number of hydrogen-bond acceptors (Lipinski definition) is 3. The molecule has 3 aliphatic rings. The van der Waals surface area contributed by atoms with E-state index in [1.807, 2.05) is 24.0 Å². The van der Waals surface area contributed by atoms with Crippen LogP contribution in [-0.4, -0.2) is 49.2 Å². The van der Waals surface area contributed by atoms with Crippen LogP contribution < -0.4 is 0 Å². The Bertz CT molecular complexity index is 839. The number of nitrogens with zero attached hydrogens (tertiary/aromatic N) is 2. The van der Waals surface area contributed by atoms with Gasteiger partial charge in [0.05, 0.1) is 4.90 Å². The zero-order valence-corrected chi connectivity index (χ0v) is 16.7. The van der Waals surface area contributed by atoms with Crippen molar-refractivity contribution >= 4 is 15.9 Å². The minimum absolute atomic E-state index is 0.0820. The summed E-state index contributed by atoms with van der Waals surface area (Å²) in [5, 5.41) is 0. The van der Waals surface area contributed by atoms with E-state index in [0.29, 0.717) is 17.9 Å². The largest absolute Gasteiger partial charge is 0.343 e. The number of carbonyl (C=O) groups excluding carboxylic acids is 1. The molecule has 1 aliphatic carbocycles. The zero-order valence-electron chi connectivity index (χ0n) is 15.9. The van der Waals surface area contributed by atoms with E-state index in [1.165, 1.54) is 5.57 Å². The van der Waals surface area contributed by atoms with E-state index in [4.69, 9.17) is 0 Å². The predicted molar refractivity (Wildman–Crippen MR) is 105 cm³/mol. The quantitative estimate of drug-likeness (QED) is 0.745. The molecule has 0 spiro atoms. The average Bonchev–Trinajstić information content (AvgIpc) is 3.33. The molecule has 2 unspecified atom stereocenters. The topological polar surface area (TPSA) is 57.7 Å². The Kier molecular flexibility index (Phi) is 5.12. The summed E-state index contributed by atoms with van der Waals surface area (Å²) in [6.45, 7) is 4.13. The first-order valence-electron chi connectivity index (χ1n) is 10.0. The Morgan fingerprint density at radius 2 is 1.78 bits per heavy atom. The molecule has 2 atom stereocenters. The van der Waals surface area contributed by atoms with Gasteiger partial charge in [0.25, 0.3) is 0 Å². The first-order valence-corrected chi connectivity index (χ1v) is 11.5. The lowest BCUT2D eigenvalue weighted by molar-refractivity contribution is -0.131. The molecule has 27 heavy (non-hydrogen) atoms. The summed E-state index contributed by atoms with van der Waals surface area (Å²) in [6.07, 6.45) is 7.61. The Balaban J connectivity index is 1.50. The number of fused-ring (bicyclic) bond motifs is 1. The standard InChI is InChI=1S/C21H28N2O3S/c1-16-7-9-18(10-8-16)27(25,26)23-14-11-19-17(5-4-6-20(19)23)15-21(24)22-12-2-3-13-22/h7-11,17,20H,2-6,12-15H2,1H3. The van der Waals surface area contributed by atoms with Gasteiger partial charge in [0.1, 0.15) is 0 Å². The molecule has 0 bridgehead atoms. The van der Waals surface area contributed by atoms with Gasteiger partial charge in [-0.1, -0.05) is 35.8 Å². The molecule has 1 aromatic rings. The van der Waals surface area contributed by atoms with Crippen molar-refractivity contribution in [2.45, 2.75) is 56.4 Å². The summed E-state index contributed by atoms with van der Waals surface area (Å²) in [7, 11) is -3.51. The second kappa shape index (κ2) is 7.40. The fourth-order valence-electron chi connectivity index (χ4n) is 4.74. The van der Waals surface area contributed by atoms with Crippen LogP contribution in [0.4, 0.5) is 0 Å². The van der Waals surface area contributed by atoms with E-state index in [0.717, 1.165) is 50.8 Å². The molecule has 1 amide bonds. The molecule has 1 saturated carbocycles. The third kappa shape index (κ3) is 3.57. The molecule has 1 saturated heterocycles. The number of aryl methyl sites for hydroxylation is 1. The van der Waals surface area contributed by atoms with Crippen LogP contribution in [-0.2, 0) is 14.8 Å². The Labute approximate surface area is 162 Å². The van der Waals surface area contributed by atoms with Crippen molar-refractivity contribution < 1.29 is 13.2 Å². The average molecular weight is 389 g/mol. The molecule has 2 fully saturated rings. The van der Waals surface area contributed by atoms with E-state index < -0.39 is 10.0 Å². The van der Waals surface area contributed by atoms with Crippen LogP contribution in [0.3, 0.4) is 0 Å². The second-order valence-corrected chi connectivity index (χ2v) is 9.92. The molecule has 0 radical (unpaired) electrons. The number of sulfonamides is 1. The monoisotopic (exact) mass is 388 g/mol. The van der Waals surface area contributed by atoms with Crippen molar-refractivity contribution in [1.82, 2.24) is 9.21 Å². The predicted octanol–water partition coefficient (Wildman–Crippen LogP) is 3.11. The highest BCUT2D eigenvalue weighted by atomic mass is 32.2. The fourth-order valence-corrected chi connectivity index (χ4v) is 6.32. The van der Waals surface area contributed by atoms with Crippen LogP contribution in [0, 0.1) is 12.8 Å². The molecule has 2 aliphatic heterocycles. The number of benzene rings is 1. The molecule has 4 rings (SSSR count). The van der Waals surface area contributed by atoms with Gasteiger partial charge < -0.3 is 4.90 Å². The molecule has 5 nitrogen and oxygen atoms in total. The third-order valence-corrected chi connectivity index (χ3v) is 8.14. The van der Waals surface area contributed by atoms with Crippen LogP contribution in [0.25, 0.3) is 0 Å². The van der Waals surface area contributed by atoms with Crippen LogP contribution in [0.15, 0.2) is 40.8 Å². The van der Waals surface area contributed by atoms with Crippen LogP contribution in [0.1, 0.15) is 44.1 Å². The van der Waals surface area contributed by atoms with Crippen molar-refractivity contribution in [1.29, 1.82) is 0 Å². The minimum Gasteiger partial charge on any atom is -0.343 e. The summed E-state index contributed by atoms with van der Waals surface area (Å²) in [6, 6.07) is 6.99. The summed E-state index contributed by atoms with van der Waals surface area (Å²) in [4.78, 5) is 14.9. The zero-order chi connectivity index (χ0) is 19.0. The van der Waals surface area contributed by atoms with E-state index in [2.05, 4.69) is 6.08 Å². The van der Waals surface area contributed by atoms with Crippen LogP contribution in [0.5, 0.6) is 0 Å². The smallest absolute Gasteiger partial charge is 0.243 e. The number of hydrogen-bond donors (Lipinski definition) is 0. The molecule has 146 valence electrons. The summed E-state index contributed by atoms with van der Waals surface area (Å²) < 4.78 is 28.0. The summed E-state index contributed by atoms with van der Waals surface area (Å²) in [5.41, 5.74) is 2.22. The molecule has 6 heteroatoms. The van der Waals surface area contributed by atoms with Gasteiger partial charge in [0.15, 0.2) is 0 Å².